The standard InChI is InChI=1S/C51H55Cl2FN8O6/c1-59-40-28-30(11-18-38(40)62(49(59)68)39-19-20-41(63)57-45(39)64)8-3-6-23-60-24-26-61(27-25-60)47(66)31-12-15-33(16-13-31)55-46(65)44-42(34-9-7-10-36(53)43(34)54)51(50(58-44)21-4-2-5-22-50)35-17-14-32(52)29-37(35)56-48(51)67/h7,9-11,14,17-18,28-29,31,33,39,42,44,58H,2,4-6,12-13,15-16,19-27H2,1H3,(H,55,65)(H,56,67)(H,57,63,64)/t31?,33?,39?,42-,44+,51+/m0/s1. The van der Waals surface area contributed by atoms with Gasteiger partial charge in [0.1, 0.15) is 17.3 Å². The maximum atomic E-state index is 16.3. The van der Waals surface area contributed by atoms with Crippen molar-refractivity contribution in [3.8, 4) is 11.8 Å². The summed E-state index contributed by atoms with van der Waals surface area (Å²) in [6.45, 7) is 3.48. The van der Waals surface area contributed by atoms with E-state index in [-0.39, 0.29) is 64.7 Å². The summed E-state index contributed by atoms with van der Waals surface area (Å²) in [7, 11) is 1.66. The van der Waals surface area contributed by atoms with E-state index in [0.717, 1.165) is 44.5 Å². The predicted molar refractivity (Wildman–Crippen MR) is 256 cm³/mol. The van der Waals surface area contributed by atoms with E-state index in [1.54, 1.807) is 37.4 Å². The third-order valence-corrected chi connectivity index (χ3v) is 16.3. The Morgan fingerprint density at radius 1 is 0.882 bits per heavy atom. The molecule has 2 saturated carbocycles. The average Bonchev–Trinajstić information content (AvgIpc) is 3.89. The first-order valence-corrected chi connectivity index (χ1v) is 24.7. The third-order valence-electron chi connectivity index (χ3n) is 15.8. The molecule has 1 aromatic heterocycles. The number of anilines is 1. The smallest absolute Gasteiger partial charge is 0.329 e. The Labute approximate surface area is 403 Å². The number of hydrogen-bond donors (Lipinski definition) is 4. The number of amides is 5. The van der Waals surface area contributed by atoms with Crippen molar-refractivity contribution in [2.75, 3.05) is 38.0 Å². The zero-order valence-electron chi connectivity index (χ0n) is 38.0. The van der Waals surface area contributed by atoms with Crippen molar-refractivity contribution in [3.63, 3.8) is 0 Å². The number of aryl methyl sites for hydroxylation is 1. The molecule has 4 atom stereocenters. The highest BCUT2D eigenvalue weighted by molar-refractivity contribution is 6.31. The molecule has 0 bridgehead atoms. The minimum Gasteiger partial charge on any atom is -0.352 e. The molecule has 1 unspecified atom stereocenters. The fourth-order valence-corrected chi connectivity index (χ4v) is 12.8. The molecule has 4 aromatic rings. The van der Waals surface area contributed by atoms with Crippen molar-refractivity contribution in [2.45, 2.75) is 112 Å². The van der Waals surface area contributed by atoms with Crippen molar-refractivity contribution in [3.05, 3.63) is 97.6 Å². The summed E-state index contributed by atoms with van der Waals surface area (Å²) < 4.78 is 19.3. The molecule has 5 fully saturated rings. The number of piperazine rings is 1. The van der Waals surface area contributed by atoms with Crippen LogP contribution in [0, 0.1) is 23.6 Å². The molecule has 14 nitrogen and oxygen atoms in total. The zero-order chi connectivity index (χ0) is 47.5. The number of nitrogens with one attached hydrogen (secondary N) is 4. The first-order valence-electron chi connectivity index (χ1n) is 24.0. The summed E-state index contributed by atoms with van der Waals surface area (Å²) in [6, 6.07) is 13.7. The van der Waals surface area contributed by atoms with Gasteiger partial charge in [0.05, 0.1) is 22.1 Å². The van der Waals surface area contributed by atoms with E-state index < -0.39 is 40.7 Å². The van der Waals surface area contributed by atoms with Crippen LogP contribution in [0.5, 0.6) is 0 Å². The Hall–Kier alpha value is -5.53. The van der Waals surface area contributed by atoms with E-state index >= 15 is 4.39 Å². The molecule has 356 valence electrons. The molecule has 68 heavy (non-hydrogen) atoms. The normalized spacial score (nSPS) is 26.9. The summed E-state index contributed by atoms with van der Waals surface area (Å²) in [5.41, 5.74) is 1.07. The summed E-state index contributed by atoms with van der Waals surface area (Å²) in [5, 5.41) is 12.8. The average molecular weight is 966 g/mol. The van der Waals surface area contributed by atoms with Crippen molar-refractivity contribution < 1.29 is 28.4 Å². The van der Waals surface area contributed by atoms with Gasteiger partial charge in [-0.3, -0.25) is 48.6 Å². The van der Waals surface area contributed by atoms with Crippen molar-refractivity contribution in [1.29, 1.82) is 0 Å². The van der Waals surface area contributed by atoms with E-state index in [9.17, 15) is 28.8 Å². The van der Waals surface area contributed by atoms with Gasteiger partial charge in [-0.05, 0) is 92.5 Å². The number of piperidine rings is 1. The maximum Gasteiger partial charge on any atom is 0.329 e. The molecule has 5 heterocycles. The molecule has 4 aliphatic heterocycles. The van der Waals surface area contributed by atoms with Crippen molar-refractivity contribution >= 4 is 69.5 Å². The SMILES string of the molecule is Cn1c(=O)n(C2CCC(=O)NC2=O)c2ccc(C#CCCN3CCN(C(=O)C4CCC(NC(=O)[C@@H]5NC6(CCCCC6)[C@@]6(C(=O)Nc7cc(Cl)ccc76)[C@H]5c5cccc(Cl)c5F)CC4)CC3)cc21. The van der Waals surface area contributed by atoms with Gasteiger partial charge < -0.3 is 15.5 Å². The molecule has 2 spiro atoms. The Balaban J connectivity index is 0.749. The van der Waals surface area contributed by atoms with Crippen molar-refractivity contribution in [2.24, 2.45) is 13.0 Å². The van der Waals surface area contributed by atoms with Crippen LogP contribution in [0.4, 0.5) is 10.1 Å². The highest BCUT2D eigenvalue weighted by atomic mass is 35.5. The Kier molecular flexibility index (Phi) is 12.5. The molecule has 17 heteroatoms. The number of nitrogens with zero attached hydrogens (tertiary/aromatic N) is 4. The minimum absolute atomic E-state index is 0.0733. The van der Waals surface area contributed by atoms with E-state index in [2.05, 4.69) is 38.0 Å². The van der Waals surface area contributed by atoms with E-state index in [4.69, 9.17) is 23.2 Å². The molecule has 3 aromatic carbocycles. The van der Waals surface area contributed by atoms with Gasteiger partial charge in [0.25, 0.3) is 0 Å². The lowest BCUT2D eigenvalue weighted by Gasteiger charge is -2.47. The first-order chi connectivity index (χ1) is 32.8. The van der Waals surface area contributed by atoms with Crippen LogP contribution in [0.25, 0.3) is 11.0 Å². The molecule has 6 aliphatic rings. The van der Waals surface area contributed by atoms with Crippen LogP contribution in [0.2, 0.25) is 10.0 Å². The summed E-state index contributed by atoms with van der Waals surface area (Å²) >= 11 is 12.9. The lowest BCUT2D eigenvalue weighted by molar-refractivity contribution is -0.139. The molecule has 5 amide bonds. The quantitative estimate of drug-likeness (QED) is 0.136. The fourth-order valence-electron chi connectivity index (χ4n) is 12.5. The van der Waals surface area contributed by atoms with Crippen LogP contribution in [0.15, 0.2) is 59.4 Å². The van der Waals surface area contributed by atoms with Crippen LogP contribution >= 0.6 is 23.2 Å². The second-order valence-electron chi connectivity index (χ2n) is 19.5. The second-order valence-corrected chi connectivity index (χ2v) is 20.3. The Bertz CT molecular complexity index is 2850. The van der Waals surface area contributed by atoms with E-state index in [1.165, 1.54) is 15.2 Å². The molecule has 10 rings (SSSR count). The minimum atomic E-state index is -1.31. The molecule has 2 aliphatic carbocycles. The van der Waals surface area contributed by atoms with Gasteiger partial charge in [0.15, 0.2) is 0 Å². The molecule has 0 radical (unpaired) electrons. The van der Waals surface area contributed by atoms with Crippen molar-refractivity contribution in [1.82, 2.24) is 34.9 Å². The summed E-state index contributed by atoms with van der Waals surface area (Å²) in [6.07, 6.45) is 7.56. The summed E-state index contributed by atoms with van der Waals surface area (Å²) in [4.78, 5) is 84.9. The number of hydrogen-bond acceptors (Lipinski definition) is 8. The number of carbonyl (C=O) groups is 5. The van der Waals surface area contributed by atoms with Crippen LogP contribution in [0.1, 0.15) is 106 Å². The number of aromatic nitrogens is 2. The number of halogens is 3. The first kappa shape index (κ1) is 46.2. The maximum absolute atomic E-state index is 16.3. The monoisotopic (exact) mass is 964 g/mol. The zero-order valence-corrected chi connectivity index (χ0v) is 39.5. The van der Waals surface area contributed by atoms with Crippen LogP contribution < -0.4 is 27.0 Å². The van der Waals surface area contributed by atoms with Crippen LogP contribution in [-0.4, -0.2) is 98.8 Å². The topological polar surface area (TPSA) is 167 Å². The molecule has 4 N–H and O–H groups in total. The number of fused-ring (bicyclic) bond motifs is 4. The van der Waals surface area contributed by atoms with Gasteiger partial charge in [0, 0.05) is 92.3 Å². The van der Waals surface area contributed by atoms with Gasteiger partial charge >= 0.3 is 5.69 Å². The number of benzene rings is 3. The highest BCUT2D eigenvalue weighted by Gasteiger charge is 2.72. The lowest BCUT2D eigenvalue weighted by Crippen LogP contribution is -2.60. The van der Waals surface area contributed by atoms with Gasteiger partial charge in [-0.25, -0.2) is 9.18 Å². The van der Waals surface area contributed by atoms with Crippen LogP contribution in [-0.2, 0) is 36.4 Å². The second kappa shape index (κ2) is 18.4. The van der Waals surface area contributed by atoms with Gasteiger partial charge in [0.2, 0.25) is 29.5 Å². The van der Waals surface area contributed by atoms with Gasteiger partial charge in [-0.1, -0.05) is 72.5 Å². The van der Waals surface area contributed by atoms with Crippen LogP contribution in [0.3, 0.4) is 0 Å². The van der Waals surface area contributed by atoms with Gasteiger partial charge in [-0.2, -0.15) is 0 Å². The molecule has 3 saturated heterocycles. The number of carbonyl (C=O) groups excluding carboxylic acids is 5. The summed E-state index contributed by atoms with van der Waals surface area (Å²) in [5.74, 6) is 3.54. The number of rotatable bonds is 7. The Morgan fingerprint density at radius 2 is 1.65 bits per heavy atom. The third kappa shape index (κ3) is 7.91. The van der Waals surface area contributed by atoms with E-state index in [0.29, 0.717) is 85.3 Å². The predicted octanol–water partition coefficient (Wildman–Crippen LogP) is 5.67. The number of imide groups is 1. The highest BCUT2D eigenvalue weighted by Crippen LogP contribution is 2.63. The molecular weight excluding hydrogens is 911 g/mol. The fraction of sp³-hybridized carbons (Fsp3) is 0.490. The van der Waals surface area contributed by atoms with E-state index in [1.807, 2.05) is 23.1 Å². The molecular formula is C51H55Cl2FN8O6. The Morgan fingerprint density at radius 3 is 2.40 bits per heavy atom. The number of imidazole rings is 1. The lowest BCUT2D eigenvalue weighted by atomic mass is 9.55. The largest absolute Gasteiger partial charge is 0.352 e. The van der Waals surface area contributed by atoms with Gasteiger partial charge in [-0.15, -0.1) is 0 Å².